The SMILES string of the molecule is CCNS(=O)(=O)NCCCCc1ccc(F)cc1. The number of unbranched alkanes of at least 4 members (excludes halogenated alkanes) is 1. The standard InChI is InChI=1S/C12H19FN2O2S/c1-2-14-18(16,17)15-10-4-3-5-11-6-8-12(13)9-7-11/h6-9,14-15H,2-5,10H2,1H3. The molecule has 1 rings (SSSR count). The zero-order valence-corrected chi connectivity index (χ0v) is 11.3. The van der Waals surface area contributed by atoms with Gasteiger partial charge in [0.25, 0.3) is 10.2 Å². The molecule has 4 nitrogen and oxygen atoms in total. The Kier molecular flexibility index (Phi) is 6.24. The van der Waals surface area contributed by atoms with Crippen LogP contribution in [-0.4, -0.2) is 21.5 Å². The summed E-state index contributed by atoms with van der Waals surface area (Å²) in [6, 6.07) is 6.36. The van der Waals surface area contributed by atoms with Gasteiger partial charge in [0, 0.05) is 13.1 Å². The largest absolute Gasteiger partial charge is 0.276 e. The lowest BCUT2D eigenvalue weighted by molar-refractivity contribution is 0.564. The topological polar surface area (TPSA) is 58.2 Å². The molecule has 0 aromatic heterocycles. The third-order valence-corrected chi connectivity index (χ3v) is 3.68. The van der Waals surface area contributed by atoms with E-state index in [9.17, 15) is 12.8 Å². The van der Waals surface area contributed by atoms with Crippen molar-refractivity contribution in [2.24, 2.45) is 0 Å². The second-order valence-corrected chi connectivity index (χ2v) is 5.56. The smallest absolute Gasteiger partial charge is 0.207 e. The maximum absolute atomic E-state index is 12.6. The Morgan fingerprint density at radius 3 is 2.39 bits per heavy atom. The van der Waals surface area contributed by atoms with Crippen molar-refractivity contribution in [3.63, 3.8) is 0 Å². The predicted molar refractivity (Wildman–Crippen MR) is 69.9 cm³/mol. The lowest BCUT2D eigenvalue weighted by Crippen LogP contribution is -2.36. The summed E-state index contributed by atoms with van der Waals surface area (Å²) in [6.07, 6.45) is 2.44. The highest BCUT2D eigenvalue weighted by Crippen LogP contribution is 2.06. The fourth-order valence-corrected chi connectivity index (χ4v) is 2.45. The van der Waals surface area contributed by atoms with Crippen molar-refractivity contribution < 1.29 is 12.8 Å². The van der Waals surface area contributed by atoms with Gasteiger partial charge in [0.2, 0.25) is 0 Å². The Labute approximate surface area is 108 Å². The summed E-state index contributed by atoms with van der Waals surface area (Å²) in [5.74, 6) is -0.239. The molecule has 0 heterocycles. The van der Waals surface area contributed by atoms with Gasteiger partial charge >= 0.3 is 0 Å². The molecule has 0 saturated carbocycles. The Balaban J connectivity index is 2.18. The van der Waals surface area contributed by atoms with E-state index in [-0.39, 0.29) is 5.82 Å². The summed E-state index contributed by atoms with van der Waals surface area (Å²) < 4.78 is 39.9. The minimum Gasteiger partial charge on any atom is -0.207 e. The van der Waals surface area contributed by atoms with E-state index in [4.69, 9.17) is 0 Å². The molecular formula is C12H19FN2O2S. The number of rotatable bonds is 8. The first-order valence-corrected chi connectivity index (χ1v) is 7.50. The lowest BCUT2D eigenvalue weighted by atomic mass is 10.1. The van der Waals surface area contributed by atoms with Crippen LogP contribution < -0.4 is 9.44 Å². The van der Waals surface area contributed by atoms with Crippen LogP contribution in [0.3, 0.4) is 0 Å². The Morgan fingerprint density at radius 2 is 1.78 bits per heavy atom. The fraction of sp³-hybridized carbons (Fsp3) is 0.500. The summed E-state index contributed by atoms with van der Waals surface area (Å²) in [6.45, 7) is 2.52. The maximum atomic E-state index is 12.6. The number of aryl methyl sites for hydroxylation is 1. The van der Waals surface area contributed by atoms with Gasteiger partial charge in [0.05, 0.1) is 0 Å². The van der Waals surface area contributed by atoms with Crippen LogP contribution in [0.15, 0.2) is 24.3 Å². The van der Waals surface area contributed by atoms with Crippen molar-refractivity contribution in [3.8, 4) is 0 Å². The quantitative estimate of drug-likeness (QED) is 0.707. The molecule has 1 aromatic carbocycles. The minimum absolute atomic E-state index is 0.239. The van der Waals surface area contributed by atoms with E-state index in [2.05, 4.69) is 9.44 Å². The first-order valence-electron chi connectivity index (χ1n) is 6.02. The highest BCUT2D eigenvalue weighted by Gasteiger charge is 2.05. The van der Waals surface area contributed by atoms with Gasteiger partial charge in [-0.1, -0.05) is 19.1 Å². The van der Waals surface area contributed by atoms with E-state index in [1.807, 2.05) is 0 Å². The van der Waals surface area contributed by atoms with Crippen molar-refractivity contribution in [2.45, 2.75) is 26.2 Å². The average Bonchev–Trinajstić information content (AvgIpc) is 2.31. The lowest BCUT2D eigenvalue weighted by Gasteiger charge is -2.06. The molecule has 0 unspecified atom stereocenters. The highest BCUT2D eigenvalue weighted by molar-refractivity contribution is 7.87. The van der Waals surface area contributed by atoms with Crippen molar-refractivity contribution in [1.82, 2.24) is 9.44 Å². The van der Waals surface area contributed by atoms with Crippen molar-refractivity contribution in [1.29, 1.82) is 0 Å². The summed E-state index contributed by atoms with van der Waals surface area (Å²) >= 11 is 0. The van der Waals surface area contributed by atoms with Crippen LogP contribution in [-0.2, 0) is 16.6 Å². The van der Waals surface area contributed by atoms with Gasteiger partial charge in [-0.3, -0.25) is 0 Å². The van der Waals surface area contributed by atoms with Gasteiger partial charge in [0.1, 0.15) is 5.82 Å². The Morgan fingerprint density at radius 1 is 1.11 bits per heavy atom. The van der Waals surface area contributed by atoms with Crippen LogP contribution in [0, 0.1) is 5.82 Å². The number of benzene rings is 1. The molecule has 18 heavy (non-hydrogen) atoms. The van der Waals surface area contributed by atoms with Crippen LogP contribution >= 0.6 is 0 Å². The monoisotopic (exact) mass is 274 g/mol. The Bertz CT molecular complexity index is 446. The molecule has 0 spiro atoms. The highest BCUT2D eigenvalue weighted by atomic mass is 32.2. The van der Waals surface area contributed by atoms with Gasteiger partial charge < -0.3 is 0 Å². The number of hydrogen-bond acceptors (Lipinski definition) is 2. The van der Waals surface area contributed by atoms with E-state index in [0.29, 0.717) is 13.1 Å². The van der Waals surface area contributed by atoms with Crippen LogP contribution in [0.4, 0.5) is 4.39 Å². The second-order valence-electron chi connectivity index (χ2n) is 3.98. The third kappa shape index (κ3) is 6.09. The Hall–Kier alpha value is -0.980. The molecule has 0 atom stereocenters. The van der Waals surface area contributed by atoms with Crippen LogP contribution in [0.5, 0.6) is 0 Å². The average molecular weight is 274 g/mol. The molecule has 0 radical (unpaired) electrons. The maximum Gasteiger partial charge on any atom is 0.276 e. The van der Waals surface area contributed by atoms with Crippen LogP contribution in [0.1, 0.15) is 25.3 Å². The molecule has 0 aliphatic rings. The van der Waals surface area contributed by atoms with Gasteiger partial charge in [-0.05, 0) is 37.0 Å². The van der Waals surface area contributed by atoms with E-state index < -0.39 is 10.2 Å². The molecule has 0 bridgehead atoms. The van der Waals surface area contributed by atoms with Gasteiger partial charge in [-0.15, -0.1) is 0 Å². The molecule has 0 amide bonds. The van der Waals surface area contributed by atoms with Gasteiger partial charge in [0.15, 0.2) is 0 Å². The van der Waals surface area contributed by atoms with E-state index >= 15 is 0 Å². The first-order chi connectivity index (χ1) is 8.53. The summed E-state index contributed by atoms with van der Waals surface area (Å²) in [7, 11) is -3.33. The second kappa shape index (κ2) is 7.45. The molecule has 1 aromatic rings. The van der Waals surface area contributed by atoms with Crippen LogP contribution in [0.25, 0.3) is 0 Å². The van der Waals surface area contributed by atoms with Gasteiger partial charge in [-0.2, -0.15) is 8.42 Å². The number of nitrogens with one attached hydrogen (secondary N) is 2. The normalized spacial score (nSPS) is 11.7. The number of halogens is 1. The molecular weight excluding hydrogens is 255 g/mol. The van der Waals surface area contributed by atoms with E-state index in [0.717, 1.165) is 24.8 Å². The zero-order valence-electron chi connectivity index (χ0n) is 10.4. The first kappa shape index (κ1) is 15.1. The molecule has 0 fully saturated rings. The van der Waals surface area contributed by atoms with E-state index in [1.54, 1.807) is 19.1 Å². The fourth-order valence-electron chi connectivity index (χ4n) is 1.55. The third-order valence-electron chi connectivity index (χ3n) is 2.43. The van der Waals surface area contributed by atoms with Crippen LogP contribution in [0.2, 0.25) is 0 Å². The zero-order chi connectivity index (χ0) is 13.4. The summed E-state index contributed by atoms with van der Waals surface area (Å²) in [4.78, 5) is 0. The minimum atomic E-state index is -3.33. The molecule has 2 N–H and O–H groups in total. The van der Waals surface area contributed by atoms with Gasteiger partial charge in [-0.25, -0.2) is 13.8 Å². The molecule has 0 saturated heterocycles. The molecule has 102 valence electrons. The summed E-state index contributed by atoms with van der Waals surface area (Å²) in [5.41, 5.74) is 1.06. The van der Waals surface area contributed by atoms with Crippen molar-refractivity contribution in [3.05, 3.63) is 35.6 Å². The number of hydrogen-bond donors (Lipinski definition) is 2. The molecule has 6 heteroatoms. The van der Waals surface area contributed by atoms with Crippen molar-refractivity contribution in [2.75, 3.05) is 13.1 Å². The predicted octanol–water partition coefficient (Wildman–Crippen LogP) is 1.59. The molecule has 0 aliphatic heterocycles. The summed E-state index contributed by atoms with van der Waals surface area (Å²) in [5, 5.41) is 0. The van der Waals surface area contributed by atoms with Crippen molar-refractivity contribution >= 4 is 10.2 Å². The molecule has 0 aliphatic carbocycles. The van der Waals surface area contributed by atoms with E-state index in [1.165, 1.54) is 12.1 Å².